The van der Waals surface area contributed by atoms with Crippen LogP contribution < -0.4 is 11.3 Å². The summed E-state index contributed by atoms with van der Waals surface area (Å²) in [4.78, 5) is 11.9. The molecule has 1 aromatic heterocycles. The molecule has 0 saturated carbocycles. The number of halogens is 1. The van der Waals surface area contributed by atoms with Crippen molar-refractivity contribution in [2.45, 2.75) is 20.0 Å². The van der Waals surface area contributed by atoms with Crippen LogP contribution in [0.25, 0.3) is 0 Å². The molecule has 2 rings (SSSR count). The molecule has 4 heteroatoms. The second-order valence-electron chi connectivity index (χ2n) is 4.32. The van der Waals surface area contributed by atoms with Gasteiger partial charge in [-0.1, -0.05) is 24.3 Å². The molecule has 1 heterocycles. The van der Waals surface area contributed by atoms with Crippen molar-refractivity contribution < 1.29 is 0 Å². The van der Waals surface area contributed by atoms with Crippen LogP contribution in [-0.4, -0.2) is 4.57 Å². The zero-order valence-corrected chi connectivity index (χ0v) is 11.8. The Kier molecular flexibility index (Phi) is 3.99. The Balaban J connectivity index is 2.31. The molecule has 0 aliphatic heterocycles. The fourth-order valence-electron chi connectivity index (χ4n) is 1.84. The summed E-state index contributed by atoms with van der Waals surface area (Å²) in [5.41, 5.74) is 8.78. The van der Waals surface area contributed by atoms with Crippen molar-refractivity contribution in [2.24, 2.45) is 5.73 Å². The van der Waals surface area contributed by atoms with Crippen LogP contribution in [0, 0.1) is 6.92 Å². The predicted molar refractivity (Wildman–Crippen MR) is 76.6 cm³/mol. The number of hydrogen-bond donors (Lipinski definition) is 1. The Labute approximate surface area is 114 Å². The van der Waals surface area contributed by atoms with Crippen molar-refractivity contribution in [3.8, 4) is 0 Å². The molecule has 2 aromatic rings. The van der Waals surface area contributed by atoms with Gasteiger partial charge in [-0.05, 0) is 45.6 Å². The van der Waals surface area contributed by atoms with Gasteiger partial charge >= 0.3 is 0 Å². The summed E-state index contributed by atoms with van der Waals surface area (Å²) in [5, 5.41) is 0. The summed E-state index contributed by atoms with van der Waals surface area (Å²) in [5.74, 6) is 0. The van der Waals surface area contributed by atoms with Crippen LogP contribution in [0.2, 0.25) is 0 Å². The van der Waals surface area contributed by atoms with Crippen LogP contribution in [0.5, 0.6) is 0 Å². The van der Waals surface area contributed by atoms with Crippen molar-refractivity contribution in [3.63, 3.8) is 0 Å². The smallest absolute Gasteiger partial charge is 0.265 e. The molecule has 3 nitrogen and oxygen atoms in total. The van der Waals surface area contributed by atoms with E-state index in [-0.39, 0.29) is 5.56 Å². The molecule has 2 N–H and O–H groups in total. The van der Waals surface area contributed by atoms with Gasteiger partial charge < -0.3 is 10.3 Å². The molecule has 0 unspecified atom stereocenters. The van der Waals surface area contributed by atoms with Crippen molar-refractivity contribution >= 4 is 15.9 Å². The lowest BCUT2D eigenvalue weighted by Crippen LogP contribution is -2.21. The maximum atomic E-state index is 11.9. The van der Waals surface area contributed by atoms with E-state index in [1.165, 1.54) is 0 Å². The fourth-order valence-corrected chi connectivity index (χ4v) is 2.42. The first-order chi connectivity index (χ1) is 8.60. The van der Waals surface area contributed by atoms with Gasteiger partial charge in [-0.2, -0.15) is 0 Å². The SMILES string of the molecule is Cc1cc(Br)c(=O)n(Cc2ccc(CN)cc2)c1. The van der Waals surface area contributed by atoms with E-state index >= 15 is 0 Å². The molecule has 94 valence electrons. The van der Waals surface area contributed by atoms with E-state index in [0.717, 1.165) is 16.7 Å². The first kappa shape index (κ1) is 13.1. The third-order valence-corrected chi connectivity index (χ3v) is 3.36. The predicted octanol–water partition coefficient (Wildman–Crippen LogP) is 2.43. The maximum absolute atomic E-state index is 11.9. The molecule has 0 radical (unpaired) electrons. The van der Waals surface area contributed by atoms with Crippen LogP contribution in [0.3, 0.4) is 0 Å². The number of rotatable bonds is 3. The first-order valence-corrected chi connectivity index (χ1v) is 6.54. The molecule has 18 heavy (non-hydrogen) atoms. The van der Waals surface area contributed by atoms with Gasteiger partial charge in [-0.3, -0.25) is 4.79 Å². The Hall–Kier alpha value is -1.39. The lowest BCUT2D eigenvalue weighted by atomic mass is 10.1. The third kappa shape index (κ3) is 2.89. The highest BCUT2D eigenvalue weighted by Crippen LogP contribution is 2.09. The minimum atomic E-state index is -0.0106. The average molecular weight is 307 g/mol. The zero-order chi connectivity index (χ0) is 13.1. The van der Waals surface area contributed by atoms with Gasteiger partial charge in [-0.15, -0.1) is 0 Å². The normalized spacial score (nSPS) is 10.6. The molecule has 0 spiro atoms. The van der Waals surface area contributed by atoms with Crippen LogP contribution in [0.4, 0.5) is 0 Å². The molecule has 0 amide bonds. The van der Waals surface area contributed by atoms with E-state index in [1.54, 1.807) is 4.57 Å². The maximum Gasteiger partial charge on any atom is 0.265 e. The molecule has 0 aliphatic carbocycles. The Morgan fingerprint density at radius 2 is 1.83 bits per heavy atom. The van der Waals surface area contributed by atoms with Gasteiger partial charge in [0.15, 0.2) is 0 Å². The first-order valence-electron chi connectivity index (χ1n) is 5.74. The monoisotopic (exact) mass is 306 g/mol. The molecular weight excluding hydrogens is 292 g/mol. The standard InChI is InChI=1S/C14H15BrN2O/c1-10-6-13(15)14(18)17(8-10)9-12-4-2-11(7-16)3-5-12/h2-6,8H,7,9,16H2,1H3. The highest BCUT2D eigenvalue weighted by atomic mass is 79.9. The van der Waals surface area contributed by atoms with Gasteiger partial charge in [0.1, 0.15) is 0 Å². The lowest BCUT2D eigenvalue weighted by Gasteiger charge is -2.08. The Morgan fingerprint density at radius 3 is 2.44 bits per heavy atom. The van der Waals surface area contributed by atoms with Crippen molar-refractivity contribution in [1.82, 2.24) is 4.57 Å². The number of benzene rings is 1. The lowest BCUT2D eigenvalue weighted by molar-refractivity contribution is 0.749. The number of nitrogens with zero attached hydrogens (tertiary/aromatic N) is 1. The van der Waals surface area contributed by atoms with Crippen molar-refractivity contribution in [2.75, 3.05) is 0 Å². The Morgan fingerprint density at radius 1 is 1.22 bits per heavy atom. The molecule has 0 atom stereocenters. The van der Waals surface area contributed by atoms with Gasteiger partial charge in [0.25, 0.3) is 5.56 Å². The van der Waals surface area contributed by atoms with Crippen LogP contribution in [-0.2, 0) is 13.1 Å². The third-order valence-electron chi connectivity index (χ3n) is 2.79. The van der Waals surface area contributed by atoms with Gasteiger partial charge in [0, 0.05) is 12.7 Å². The number of aromatic nitrogens is 1. The summed E-state index contributed by atoms with van der Waals surface area (Å²) in [7, 11) is 0. The number of aryl methyl sites for hydroxylation is 1. The molecule has 0 aliphatic rings. The van der Waals surface area contributed by atoms with Gasteiger partial charge in [0.2, 0.25) is 0 Å². The van der Waals surface area contributed by atoms with E-state index in [2.05, 4.69) is 15.9 Å². The summed E-state index contributed by atoms with van der Waals surface area (Å²) in [6.45, 7) is 3.08. The quantitative estimate of drug-likeness (QED) is 0.947. The topological polar surface area (TPSA) is 48.0 Å². The van der Waals surface area contributed by atoms with E-state index in [0.29, 0.717) is 17.6 Å². The van der Waals surface area contributed by atoms with Crippen LogP contribution >= 0.6 is 15.9 Å². The molecular formula is C14H15BrN2O. The molecule has 0 fully saturated rings. The van der Waals surface area contributed by atoms with Crippen LogP contribution in [0.15, 0.2) is 45.8 Å². The second kappa shape index (κ2) is 5.50. The summed E-state index contributed by atoms with van der Waals surface area (Å²) >= 11 is 3.28. The van der Waals surface area contributed by atoms with Gasteiger partial charge in [-0.25, -0.2) is 0 Å². The molecule has 0 bridgehead atoms. The average Bonchev–Trinajstić information content (AvgIpc) is 2.36. The van der Waals surface area contributed by atoms with Crippen molar-refractivity contribution in [3.05, 3.63) is 68.0 Å². The molecule has 1 aromatic carbocycles. The van der Waals surface area contributed by atoms with E-state index in [1.807, 2.05) is 43.5 Å². The summed E-state index contributed by atoms with van der Waals surface area (Å²) in [6, 6.07) is 9.82. The fraction of sp³-hybridized carbons (Fsp3) is 0.214. The van der Waals surface area contributed by atoms with E-state index in [9.17, 15) is 4.79 Å². The Bertz CT molecular complexity index is 602. The highest BCUT2D eigenvalue weighted by molar-refractivity contribution is 9.10. The number of hydrogen-bond acceptors (Lipinski definition) is 2. The number of nitrogens with two attached hydrogens (primary N) is 1. The largest absolute Gasteiger partial charge is 0.326 e. The van der Waals surface area contributed by atoms with E-state index in [4.69, 9.17) is 5.73 Å². The molecule has 0 saturated heterocycles. The zero-order valence-electron chi connectivity index (χ0n) is 10.2. The van der Waals surface area contributed by atoms with Gasteiger partial charge in [0.05, 0.1) is 11.0 Å². The highest BCUT2D eigenvalue weighted by Gasteiger charge is 2.03. The van der Waals surface area contributed by atoms with Crippen LogP contribution in [0.1, 0.15) is 16.7 Å². The van der Waals surface area contributed by atoms with E-state index < -0.39 is 0 Å². The second-order valence-corrected chi connectivity index (χ2v) is 5.17. The summed E-state index contributed by atoms with van der Waals surface area (Å²) in [6.07, 6.45) is 1.87. The minimum absolute atomic E-state index is 0.0106. The minimum Gasteiger partial charge on any atom is -0.326 e. The number of pyridine rings is 1. The van der Waals surface area contributed by atoms with Crippen molar-refractivity contribution in [1.29, 1.82) is 0 Å². The summed E-state index contributed by atoms with van der Waals surface area (Å²) < 4.78 is 2.30.